The van der Waals surface area contributed by atoms with Crippen LogP contribution >= 0.6 is 11.6 Å². The molecule has 1 aliphatic rings. The molecule has 0 N–H and O–H groups in total. The number of nitrogens with zero attached hydrogens (tertiary/aromatic N) is 1. The van der Waals surface area contributed by atoms with Crippen molar-refractivity contribution in [3.05, 3.63) is 28.8 Å². The van der Waals surface area contributed by atoms with Crippen LogP contribution in [0.5, 0.6) is 5.75 Å². The van der Waals surface area contributed by atoms with Crippen molar-refractivity contribution >= 4 is 17.5 Å². The predicted molar refractivity (Wildman–Crippen MR) is 82.9 cm³/mol. The lowest BCUT2D eigenvalue weighted by Gasteiger charge is -2.36. The van der Waals surface area contributed by atoms with Gasteiger partial charge in [0, 0.05) is 18.1 Å². The number of rotatable bonds is 3. The number of morpholine rings is 1. The molecular formula is C16H22ClNO3. The number of carbonyl (C=O) groups is 1. The zero-order valence-electron chi connectivity index (χ0n) is 12.9. The number of halogens is 1. The van der Waals surface area contributed by atoms with Crippen LogP contribution < -0.4 is 4.74 Å². The number of aryl methyl sites for hydroxylation is 1. The van der Waals surface area contributed by atoms with Crippen molar-refractivity contribution in [3.8, 4) is 5.75 Å². The third-order valence-corrected chi connectivity index (χ3v) is 3.75. The van der Waals surface area contributed by atoms with Gasteiger partial charge < -0.3 is 14.4 Å². The minimum Gasteiger partial charge on any atom is -0.481 e. The first-order chi connectivity index (χ1) is 9.86. The highest BCUT2D eigenvalue weighted by molar-refractivity contribution is 6.30. The zero-order chi connectivity index (χ0) is 15.6. The summed E-state index contributed by atoms with van der Waals surface area (Å²) >= 11 is 5.93. The molecule has 1 aromatic rings. The van der Waals surface area contributed by atoms with Gasteiger partial charge in [-0.1, -0.05) is 11.6 Å². The van der Waals surface area contributed by atoms with Crippen LogP contribution in [0.4, 0.5) is 0 Å². The molecular weight excluding hydrogens is 290 g/mol. The number of benzene rings is 1. The molecule has 4 nitrogen and oxygen atoms in total. The van der Waals surface area contributed by atoms with Crippen molar-refractivity contribution in [1.82, 2.24) is 4.90 Å². The number of carbonyl (C=O) groups excluding carboxylic acids is 1. The molecule has 2 rings (SSSR count). The Morgan fingerprint density at radius 1 is 1.38 bits per heavy atom. The van der Waals surface area contributed by atoms with E-state index >= 15 is 0 Å². The fraction of sp³-hybridized carbons (Fsp3) is 0.562. The Bertz CT molecular complexity index is 510. The third-order valence-electron chi connectivity index (χ3n) is 3.52. The number of hydrogen-bond acceptors (Lipinski definition) is 3. The Balaban J connectivity index is 2.02. The Kier molecular flexibility index (Phi) is 5.12. The number of ether oxygens (including phenoxy) is 2. The highest BCUT2D eigenvalue weighted by Crippen LogP contribution is 2.23. The van der Waals surface area contributed by atoms with E-state index in [4.69, 9.17) is 21.1 Å². The van der Waals surface area contributed by atoms with Gasteiger partial charge in [0.15, 0.2) is 6.10 Å². The summed E-state index contributed by atoms with van der Waals surface area (Å²) in [5.41, 5.74) is 0.922. The van der Waals surface area contributed by atoms with E-state index in [0.29, 0.717) is 23.9 Å². The lowest BCUT2D eigenvalue weighted by Crippen LogP contribution is -2.51. The minimum absolute atomic E-state index is 0.00801. The Hall–Kier alpha value is -1.26. The summed E-state index contributed by atoms with van der Waals surface area (Å²) in [7, 11) is 0. The molecule has 116 valence electrons. The van der Waals surface area contributed by atoms with Crippen LogP contribution in [0.1, 0.15) is 26.3 Å². The molecule has 1 aliphatic heterocycles. The van der Waals surface area contributed by atoms with Crippen molar-refractivity contribution in [1.29, 1.82) is 0 Å². The molecule has 0 spiro atoms. The van der Waals surface area contributed by atoms with Gasteiger partial charge in [-0.25, -0.2) is 0 Å². The van der Waals surface area contributed by atoms with E-state index < -0.39 is 6.10 Å². The van der Waals surface area contributed by atoms with E-state index in [9.17, 15) is 4.79 Å². The molecule has 1 fully saturated rings. The summed E-state index contributed by atoms with van der Waals surface area (Å²) in [5.74, 6) is 0.681. The molecule has 0 aromatic heterocycles. The SMILES string of the molecule is Cc1cc(Cl)ccc1O[C@H](C)C(=O)N1C[C@@H](C)O[C@H](C)C1. The second-order valence-corrected chi connectivity index (χ2v) is 6.11. The standard InChI is InChI=1S/C16H22ClNO3/c1-10-7-14(17)5-6-15(10)21-13(4)16(19)18-8-11(2)20-12(3)9-18/h5-7,11-13H,8-9H2,1-4H3/t11-,12-,13-/m1/s1. The van der Waals surface area contributed by atoms with Crippen LogP contribution in [0.15, 0.2) is 18.2 Å². The minimum atomic E-state index is -0.526. The van der Waals surface area contributed by atoms with Crippen LogP contribution in [0.2, 0.25) is 5.02 Å². The molecule has 5 heteroatoms. The highest BCUT2D eigenvalue weighted by atomic mass is 35.5. The largest absolute Gasteiger partial charge is 0.481 e. The number of hydrogen-bond donors (Lipinski definition) is 0. The monoisotopic (exact) mass is 311 g/mol. The maximum absolute atomic E-state index is 12.5. The Morgan fingerprint density at radius 3 is 2.57 bits per heavy atom. The van der Waals surface area contributed by atoms with Crippen molar-refractivity contribution in [3.63, 3.8) is 0 Å². The molecule has 0 saturated carbocycles. The van der Waals surface area contributed by atoms with E-state index in [2.05, 4.69) is 0 Å². The van der Waals surface area contributed by atoms with E-state index in [1.807, 2.05) is 31.7 Å². The maximum atomic E-state index is 12.5. The Labute approximate surface area is 131 Å². The fourth-order valence-corrected chi connectivity index (χ4v) is 2.83. The third kappa shape index (κ3) is 4.11. The smallest absolute Gasteiger partial charge is 0.263 e. The molecule has 3 atom stereocenters. The topological polar surface area (TPSA) is 38.8 Å². The van der Waals surface area contributed by atoms with Crippen molar-refractivity contribution in [2.24, 2.45) is 0 Å². The number of amides is 1. The average molecular weight is 312 g/mol. The van der Waals surface area contributed by atoms with Crippen LogP contribution in [-0.2, 0) is 9.53 Å². The molecule has 0 unspecified atom stereocenters. The van der Waals surface area contributed by atoms with Crippen LogP contribution in [-0.4, -0.2) is 42.2 Å². The van der Waals surface area contributed by atoms with E-state index in [0.717, 1.165) is 5.56 Å². The van der Waals surface area contributed by atoms with Gasteiger partial charge in [0.25, 0.3) is 5.91 Å². The van der Waals surface area contributed by atoms with E-state index in [1.54, 1.807) is 19.1 Å². The van der Waals surface area contributed by atoms with Crippen molar-refractivity contribution in [2.75, 3.05) is 13.1 Å². The van der Waals surface area contributed by atoms with Gasteiger partial charge in [-0.2, -0.15) is 0 Å². The average Bonchev–Trinajstić information content (AvgIpc) is 2.40. The van der Waals surface area contributed by atoms with Gasteiger partial charge in [-0.15, -0.1) is 0 Å². The first-order valence-corrected chi connectivity index (χ1v) is 7.61. The van der Waals surface area contributed by atoms with Gasteiger partial charge in [0.2, 0.25) is 0 Å². The summed E-state index contributed by atoms with van der Waals surface area (Å²) in [4.78, 5) is 14.3. The summed E-state index contributed by atoms with van der Waals surface area (Å²) in [6.45, 7) is 8.86. The van der Waals surface area contributed by atoms with Crippen LogP contribution in [0.3, 0.4) is 0 Å². The molecule has 1 aromatic carbocycles. The van der Waals surface area contributed by atoms with Crippen LogP contribution in [0.25, 0.3) is 0 Å². The molecule has 0 bridgehead atoms. The highest BCUT2D eigenvalue weighted by Gasteiger charge is 2.29. The van der Waals surface area contributed by atoms with Gasteiger partial charge in [-0.3, -0.25) is 4.79 Å². The first-order valence-electron chi connectivity index (χ1n) is 7.24. The molecule has 21 heavy (non-hydrogen) atoms. The van der Waals surface area contributed by atoms with E-state index in [1.165, 1.54) is 0 Å². The molecule has 0 radical (unpaired) electrons. The lowest BCUT2D eigenvalue weighted by molar-refractivity contribution is -0.149. The van der Waals surface area contributed by atoms with Crippen LogP contribution in [0, 0.1) is 6.92 Å². The summed E-state index contributed by atoms with van der Waals surface area (Å²) < 4.78 is 11.4. The predicted octanol–water partition coefficient (Wildman–Crippen LogP) is 3.05. The second kappa shape index (κ2) is 6.67. The summed E-state index contributed by atoms with van der Waals surface area (Å²) in [5, 5.41) is 0.662. The van der Waals surface area contributed by atoms with E-state index in [-0.39, 0.29) is 18.1 Å². The zero-order valence-corrected chi connectivity index (χ0v) is 13.7. The normalized spacial score (nSPS) is 23.8. The van der Waals surface area contributed by atoms with Gasteiger partial charge in [-0.05, 0) is 51.5 Å². The Morgan fingerprint density at radius 2 is 2.00 bits per heavy atom. The quantitative estimate of drug-likeness (QED) is 0.861. The van der Waals surface area contributed by atoms with Crippen molar-refractivity contribution < 1.29 is 14.3 Å². The lowest BCUT2D eigenvalue weighted by atomic mass is 10.2. The molecule has 1 heterocycles. The fourth-order valence-electron chi connectivity index (χ4n) is 2.60. The molecule has 1 saturated heterocycles. The maximum Gasteiger partial charge on any atom is 0.263 e. The molecule has 1 amide bonds. The van der Waals surface area contributed by atoms with Gasteiger partial charge in [0.1, 0.15) is 5.75 Å². The van der Waals surface area contributed by atoms with Gasteiger partial charge >= 0.3 is 0 Å². The van der Waals surface area contributed by atoms with Crippen molar-refractivity contribution in [2.45, 2.75) is 46.0 Å². The summed E-state index contributed by atoms with van der Waals surface area (Å²) in [6, 6.07) is 5.39. The first kappa shape index (κ1) is 16.1. The second-order valence-electron chi connectivity index (χ2n) is 5.67. The summed E-state index contributed by atoms with van der Waals surface area (Å²) in [6.07, 6.45) is -0.410. The van der Waals surface area contributed by atoms with Gasteiger partial charge in [0.05, 0.1) is 12.2 Å². The molecule has 0 aliphatic carbocycles.